The monoisotopic (exact) mass is 407 g/mol. The third-order valence-electron chi connectivity index (χ3n) is 4.63. The quantitative estimate of drug-likeness (QED) is 0.677. The van der Waals surface area contributed by atoms with E-state index < -0.39 is 6.17 Å². The number of hydrogen-bond donors (Lipinski definition) is 3. The number of anilines is 1. The zero-order valence-electron chi connectivity index (χ0n) is 13.4. The average molecular weight is 408 g/mol. The molecular weight excluding hydrogens is 390 g/mol. The highest BCUT2D eigenvalue weighted by Crippen LogP contribution is 2.42. The van der Waals surface area contributed by atoms with E-state index >= 15 is 0 Å². The van der Waals surface area contributed by atoms with Gasteiger partial charge in [-0.25, -0.2) is 0 Å². The van der Waals surface area contributed by atoms with E-state index in [9.17, 15) is 9.90 Å². The van der Waals surface area contributed by atoms with Gasteiger partial charge in [-0.15, -0.1) is 11.3 Å². The molecule has 0 spiro atoms. The highest BCUT2D eigenvalue weighted by Gasteiger charge is 2.33. The number of carbonyl (C=O) groups excluding carboxylic acids is 1. The van der Waals surface area contributed by atoms with Crippen LogP contribution in [0.15, 0.2) is 16.6 Å². The minimum atomic E-state index is -0.431. The molecule has 1 amide bonds. The number of likely N-dealkylation sites (N-methyl/N-ethyl adjacent to an activating group) is 1. The van der Waals surface area contributed by atoms with Crippen molar-refractivity contribution in [1.82, 2.24) is 10.2 Å². The molecule has 0 saturated heterocycles. The number of aryl methyl sites for hydroxylation is 1. The fourth-order valence-electron chi connectivity index (χ4n) is 3.38. The summed E-state index contributed by atoms with van der Waals surface area (Å²) in [4.78, 5) is 16.2. The van der Waals surface area contributed by atoms with E-state index in [2.05, 4.69) is 38.5 Å². The minimum Gasteiger partial charge on any atom is -0.507 e. The number of nitrogens with one attached hydrogen (secondary N) is 2. The number of nitrogens with zero attached hydrogens (tertiary/aromatic N) is 1. The van der Waals surface area contributed by atoms with Crippen LogP contribution in [0.1, 0.15) is 38.1 Å². The summed E-state index contributed by atoms with van der Waals surface area (Å²) in [6.45, 7) is 3.70. The van der Waals surface area contributed by atoms with Gasteiger partial charge in [0.1, 0.15) is 16.9 Å². The topological polar surface area (TPSA) is 64.6 Å². The summed E-state index contributed by atoms with van der Waals surface area (Å²) in [5, 5.41) is 17.7. The molecule has 3 heterocycles. The van der Waals surface area contributed by atoms with Crippen LogP contribution in [-0.4, -0.2) is 29.5 Å². The van der Waals surface area contributed by atoms with E-state index in [0.717, 1.165) is 40.1 Å². The maximum absolute atomic E-state index is 12.7. The van der Waals surface area contributed by atoms with E-state index in [4.69, 9.17) is 0 Å². The van der Waals surface area contributed by atoms with Gasteiger partial charge < -0.3 is 20.6 Å². The van der Waals surface area contributed by atoms with Gasteiger partial charge in [0.25, 0.3) is 5.91 Å². The molecule has 7 heteroatoms. The number of carbonyl (C=O) groups is 1. The molecule has 2 aliphatic heterocycles. The van der Waals surface area contributed by atoms with E-state index in [1.54, 1.807) is 11.3 Å². The maximum atomic E-state index is 12.7. The van der Waals surface area contributed by atoms with Crippen molar-refractivity contribution < 1.29 is 9.90 Å². The molecule has 5 nitrogen and oxygen atoms in total. The third-order valence-corrected chi connectivity index (χ3v) is 6.24. The number of thiophene rings is 1. The van der Waals surface area contributed by atoms with E-state index in [0.29, 0.717) is 5.56 Å². The normalized spacial score (nSPS) is 20.1. The lowest BCUT2D eigenvalue weighted by molar-refractivity contribution is 0.0934. The Labute approximate surface area is 152 Å². The van der Waals surface area contributed by atoms with Gasteiger partial charge >= 0.3 is 0 Å². The first-order valence-corrected chi connectivity index (χ1v) is 9.44. The molecule has 1 aromatic heterocycles. The third kappa shape index (κ3) is 2.51. The fourth-order valence-corrected chi connectivity index (χ4v) is 5.32. The van der Waals surface area contributed by atoms with Crippen molar-refractivity contribution in [2.75, 3.05) is 18.9 Å². The van der Waals surface area contributed by atoms with Crippen LogP contribution in [0, 0.1) is 6.92 Å². The Morgan fingerprint density at radius 3 is 2.96 bits per heavy atom. The molecule has 0 radical (unpaired) electrons. The van der Waals surface area contributed by atoms with E-state index in [1.807, 2.05) is 19.1 Å². The van der Waals surface area contributed by atoms with Crippen molar-refractivity contribution in [3.05, 3.63) is 43.7 Å². The highest BCUT2D eigenvalue weighted by atomic mass is 79.9. The largest absolute Gasteiger partial charge is 0.507 e. The minimum absolute atomic E-state index is 0.0622. The Balaban J connectivity index is 1.74. The van der Waals surface area contributed by atoms with Gasteiger partial charge in [-0.1, -0.05) is 15.9 Å². The number of benzene rings is 1. The van der Waals surface area contributed by atoms with Crippen molar-refractivity contribution >= 4 is 38.2 Å². The summed E-state index contributed by atoms with van der Waals surface area (Å²) in [5.74, 6) is 0.147. The first kappa shape index (κ1) is 15.9. The molecule has 0 bridgehead atoms. The second-order valence-electron chi connectivity index (χ2n) is 6.41. The number of hydrogen-bond acceptors (Lipinski definition) is 5. The second-order valence-corrected chi connectivity index (χ2v) is 8.43. The molecule has 1 atom stereocenters. The van der Waals surface area contributed by atoms with Crippen LogP contribution in [0.4, 0.5) is 5.00 Å². The molecule has 0 fully saturated rings. The smallest absolute Gasteiger partial charge is 0.256 e. The number of fused-ring (bicyclic) bond motifs is 3. The summed E-state index contributed by atoms with van der Waals surface area (Å²) >= 11 is 5.11. The summed E-state index contributed by atoms with van der Waals surface area (Å²) in [6.07, 6.45) is 0.470. The van der Waals surface area contributed by atoms with Crippen LogP contribution in [0.25, 0.3) is 0 Å². The maximum Gasteiger partial charge on any atom is 0.256 e. The van der Waals surface area contributed by atoms with Crippen LogP contribution in [0.3, 0.4) is 0 Å². The fraction of sp³-hybridized carbons (Fsp3) is 0.353. The van der Waals surface area contributed by atoms with Gasteiger partial charge in [0.2, 0.25) is 0 Å². The van der Waals surface area contributed by atoms with Gasteiger partial charge in [0.05, 0.1) is 5.56 Å². The van der Waals surface area contributed by atoms with Crippen molar-refractivity contribution in [2.24, 2.45) is 0 Å². The van der Waals surface area contributed by atoms with Crippen molar-refractivity contribution in [1.29, 1.82) is 0 Å². The highest BCUT2D eigenvalue weighted by molar-refractivity contribution is 9.10. The number of rotatable bonds is 1. The van der Waals surface area contributed by atoms with E-state index in [1.165, 1.54) is 10.4 Å². The molecule has 2 aromatic rings. The van der Waals surface area contributed by atoms with Gasteiger partial charge in [-0.05, 0) is 43.7 Å². The average Bonchev–Trinajstić information content (AvgIpc) is 2.88. The lowest BCUT2D eigenvalue weighted by atomic mass is 10.00. The molecule has 3 N–H and O–H groups in total. The van der Waals surface area contributed by atoms with E-state index in [-0.39, 0.29) is 11.7 Å². The Kier molecular flexibility index (Phi) is 3.82. The molecule has 1 aromatic carbocycles. The predicted octanol–water partition coefficient (Wildman–Crippen LogP) is 3.37. The Hall–Kier alpha value is -1.57. The SMILES string of the molecule is Cc1cc(Br)cc([C@@H]2NC(=O)c3c(sc4c3CCN(C)C4)N2)c1O. The number of phenolic OH excluding ortho intramolecular Hbond substituents is 1. The van der Waals surface area contributed by atoms with Crippen LogP contribution >= 0.6 is 27.3 Å². The molecule has 24 heavy (non-hydrogen) atoms. The van der Waals surface area contributed by atoms with Crippen LogP contribution in [-0.2, 0) is 13.0 Å². The molecular formula is C17H18BrN3O2S. The first-order valence-electron chi connectivity index (χ1n) is 7.83. The summed E-state index contributed by atoms with van der Waals surface area (Å²) in [6, 6.07) is 3.70. The van der Waals surface area contributed by atoms with Gasteiger partial charge in [0, 0.05) is 28.0 Å². The second kappa shape index (κ2) is 5.75. The van der Waals surface area contributed by atoms with Crippen molar-refractivity contribution in [2.45, 2.75) is 26.1 Å². The number of amides is 1. The zero-order chi connectivity index (χ0) is 17.0. The lowest BCUT2D eigenvalue weighted by Crippen LogP contribution is -2.38. The summed E-state index contributed by atoms with van der Waals surface area (Å²) < 4.78 is 0.877. The summed E-state index contributed by atoms with van der Waals surface area (Å²) in [7, 11) is 2.10. The number of phenols is 1. The van der Waals surface area contributed by atoms with Crippen LogP contribution < -0.4 is 10.6 Å². The van der Waals surface area contributed by atoms with Crippen LogP contribution in [0.5, 0.6) is 5.75 Å². The Morgan fingerprint density at radius 2 is 2.17 bits per heavy atom. The predicted molar refractivity (Wildman–Crippen MR) is 98.7 cm³/mol. The van der Waals surface area contributed by atoms with Crippen molar-refractivity contribution in [3.8, 4) is 5.75 Å². The molecule has 0 saturated carbocycles. The molecule has 0 unspecified atom stereocenters. The van der Waals surface area contributed by atoms with Crippen LogP contribution in [0.2, 0.25) is 0 Å². The van der Waals surface area contributed by atoms with Gasteiger partial charge in [0.15, 0.2) is 0 Å². The zero-order valence-corrected chi connectivity index (χ0v) is 15.8. The number of aromatic hydroxyl groups is 1. The Morgan fingerprint density at radius 1 is 1.38 bits per heavy atom. The molecule has 0 aliphatic carbocycles. The molecule has 126 valence electrons. The van der Waals surface area contributed by atoms with Crippen molar-refractivity contribution in [3.63, 3.8) is 0 Å². The molecule has 2 aliphatic rings. The number of halogens is 1. The first-order chi connectivity index (χ1) is 11.4. The summed E-state index contributed by atoms with van der Waals surface area (Å²) in [5.41, 5.74) is 3.40. The van der Waals surface area contributed by atoms with Gasteiger partial charge in [-0.3, -0.25) is 4.79 Å². The van der Waals surface area contributed by atoms with Gasteiger partial charge in [-0.2, -0.15) is 0 Å². The molecule has 4 rings (SSSR count). The standard InChI is InChI=1S/C17H18BrN3O2S/c1-8-5-9(18)6-11(14(8)22)15-19-16(23)13-10-3-4-21(2)7-12(10)24-17(13)20-15/h5-6,15,20,22H,3-4,7H2,1-2H3,(H,19,23)/t15-/m1/s1. The lowest BCUT2D eigenvalue weighted by Gasteiger charge is -2.28. The Bertz CT molecular complexity index is 849.